The fraction of sp³-hybridized carbons (Fsp3) is 0.538. The van der Waals surface area contributed by atoms with Gasteiger partial charge in [0.25, 0.3) is 0 Å². The second kappa shape index (κ2) is 5.98. The summed E-state index contributed by atoms with van der Waals surface area (Å²) in [6.07, 6.45) is 0. The predicted molar refractivity (Wildman–Crippen MR) is 65.3 cm³/mol. The molecule has 0 aliphatic rings. The topological polar surface area (TPSA) is 52.5 Å². The Labute approximate surface area is 101 Å². The van der Waals surface area contributed by atoms with E-state index < -0.39 is 5.82 Å². The average Bonchev–Trinajstić information content (AvgIpc) is 2.24. The van der Waals surface area contributed by atoms with E-state index in [0.717, 1.165) is 6.07 Å². The summed E-state index contributed by atoms with van der Waals surface area (Å²) >= 11 is 0. The molecule has 0 fully saturated rings. The zero-order valence-electron chi connectivity index (χ0n) is 10.4. The van der Waals surface area contributed by atoms with Gasteiger partial charge in [0.1, 0.15) is 11.6 Å². The maximum Gasteiger partial charge on any atom is 0.126 e. The molecule has 0 aromatic heterocycles. The molecule has 3 nitrogen and oxygen atoms in total. The number of benzene rings is 1. The van der Waals surface area contributed by atoms with Gasteiger partial charge >= 0.3 is 0 Å². The molecule has 17 heavy (non-hydrogen) atoms. The van der Waals surface area contributed by atoms with Gasteiger partial charge in [0.2, 0.25) is 0 Å². The van der Waals surface area contributed by atoms with Crippen molar-refractivity contribution in [2.24, 2.45) is 5.92 Å². The Bertz CT molecular complexity index is 368. The van der Waals surface area contributed by atoms with Gasteiger partial charge in [-0.2, -0.15) is 0 Å². The van der Waals surface area contributed by atoms with Crippen molar-refractivity contribution in [2.75, 3.05) is 6.61 Å². The first-order valence-corrected chi connectivity index (χ1v) is 5.81. The zero-order valence-corrected chi connectivity index (χ0v) is 10.4. The Kier molecular flexibility index (Phi) is 4.90. The second-order valence-corrected chi connectivity index (χ2v) is 4.62. The van der Waals surface area contributed by atoms with Gasteiger partial charge in [0, 0.05) is 23.7 Å². The van der Waals surface area contributed by atoms with Crippen LogP contribution in [0.1, 0.15) is 32.4 Å². The largest absolute Gasteiger partial charge is 0.508 e. The van der Waals surface area contributed by atoms with Crippen molar-refractivity contribution in [3.63, 3.8) is 0 Å². The summed E-state index contributed by atoms with van der Waals surface area (Å²) in [6.45, 7) is 5.91. The minimum absolute atomic E-state index is 0.0317. The van der Waals surface area contributed by atoms with Gasteiger partial charge < -0.3 is 15.5 Å². The highest BCUT2D eigenvalue weighted by atomic mass is 19.1. The molecule has 96 valence electrons. The van der Waals surface area contributed by atoms with Crippen LogP contribution in [0.25, 0.3) is 0 Å². The lowest BCUT2D eigenvalue weighted by Crippen LogP contribution is -2.38. The van der Waals surface area contributed by atoms with Crippen LogP contribution in [-0.2, 0) is 0 Å². The zero-order chi connectivity index (χ0) is 13.0. The highest BCUT2D eigenvalue weighted by molar-refractivity contribution is 5.34. The molecule has 2 atom stereocenters. The van der Waals surface area contributed by atoms with Crippen LogP contribution in [0.3, 0.4) is 0 Å². The molecule has 1 rings (SSSR count). The van der Waals surface area contributed by atoms with Gasteiger partial charge in [-0.25, -0.2) is 4.39 Å². The number of rotatable bonds is 5. The lowest BCUT2D eigenvalue weighted by Gasteiger charge is -2.25. The average molecular weight is 241 g/mol. The van der Waals surface area contributed by atoms with Crippen molar-refractivity contribution < 1.29 is 14.6 Å². The van der Waals surface area contributed by atoms with E-state index in [1.807, 2.05) is 20.8 Å². The number of aliphatic hydroxyl groups is 1. The summed E-state index contributed by atoms with van der Waals surface area (Å²) in [5.41, 5.74) is 0.630. The van der Waals surface area contributed by atoms with Crippen molar-refractivity contribution in [3.8, 4) is 5.75 Å². The smallest absolute Gasteiger partial charge is 0.126 e. The Morgan fingerprint density at radius 3 is 2.41 bits per heavy atom. The highest BCUT2D eigenvalue weighted by Crippen LogP contribution is 2.25. The monoisotopic (exact) mass is 241 g/mol. The van der Waals surface area contributed by atoms with Crippen molar-refractivity contribution in [3.05, 3.63) is 29.6 Å². The number of phenolic OH excluding ortho intramolecular Hbond substituents is 1. The molecule has 0 heterocycles. The van der Waals surface area contributed by atoms with E-state index in [0.29, 0.717) is 5.56 Å². The molecule has 0 aliphatic carbocycles. The van der Waals surface area contributed by atoms with E-state index >= 15 is 0 Å². The lowest BCUT2D eigenvalue weighted by atomic mass is 10.0. The van der Waals surface area contributed by atoms with Gasteiger partial charge in [-0.1, -0.05) is 19.9 Å². The molecule has 1 aromatic rings. The van der Waals surface area contributed by atoms with Crippen molar-refractivity contribution in [1.82, 2.24) is 5.32 Å². The molecule has 0 spiro atoms. The number of phenols is 1. The standard InChI is InChI=1S/C13H20FNO2/c1-8(2)12(7-16)15-9(3)11-5-4-10(14)6-13(11)17/h4-6,8-9,12,15-17H,7H2,1-3H3. The first kappa shape index (κ1) is 13.9. The number of nitrogens with one attached hydrogen (secondary N) is 1. The lowest BCUT2D eigenvalue weighted by molar-refractivity contribution is 0.201. The molecular formula is C13H20FNO2. The molecule has 0 saturated heterocycles. The van der Waals surface area contributed by atoms with Crippen molar-refractivity contribution in [1.29, 1.82) is 0 Å². The molecule has 2 unspecified atom stereocenters. The Morgan fingerprint density at radius 1 is 1.29 bits per heavy atom. The molecule has 0 bridgehead atoms. The normalized spacial score (nSPS) is 14.9. The van der Waals surface area contributed by atoms with Gasteiger partial charge in [-0.15, -0.1) is 0 Å². The second-order valence-electron chi connectivity index (χ2n) is 4.62. The molecule has 4 heteroatoms. The minimum Gasteiger partial charge on any atom is -0.508 e. The molecule has 0 saturated carbocycles. The van der Waals surface area contributed by atoms with Crippen LogP contribution >= 0.6 is 0 Å². The summed E-state index contributed by atoms with van der Waals surface area (Å²) in [5, 5.41) is 22.1. The van der Waals surface area contributed by atoms with Gasteiger partial charge in [-0.3, -0.25) is 0 Å². The molecular weight excluding hydrogens is 221 g/mol. The Morgan fingerprint density at radius 2 is 1.94 bits per heavy atom. The van der Waals surface area contributed by atoms with Gasteiger partial charge in [0.05, 0.1) is 6.61 Å². The summed E-state index contributed by atoms with van der Waals surface area (Å²) in [6, 6.07) is 3.77. The Hall–Kier alpha value is -1.13. The third kappa shape index (κ3) is 3.68. The SMILES string of the molecule is CC(NC(CO)C(C)C)c1ccc(F)cc1O. The molecule has 3 N–H and O–H groups in total. The van der Waals surface area contributed by atoms with E-state index in [9.17, 15) is 14.6 Å². The van der Waals surface area contributed by atoms with Crippen LogP contribution in [0.4, 0.5) is 4.39 Å². The number of hydrogen-bond acceptors (Lipinski definition) is 3. The number of hydrogen-bond donors (Lipinski definition) is 3. The van der Waals surface area contributed by atoms with Crippen molar-refractivity contribution >= 4 is 0 Å². The number of aliphatic hydroxyl groups excluding tert-OH is 1. The quantitative estimate of drug-likeness (QED) is 0.740. The van der Waals surface area contributed by atoms with E-state index in [-0.39, 0.29) is 30.4 Å². The maximum absolute atomic E-state index is 12.8. The van der Waals surface area contributed by atoms with E-state index in [4.69, 9.17) is 0 Å². The van der Waals surface area contributed by atoms with E-state index in [1.165, 1.54) is 6.07 Å². The van der Waals surface area contributed by atoms with Crippen LogP contribution in [-0.4, -0.2) is 22.9 Å². The summed E-state index contributed by atoms with van der Waals surface area (Å²) < 4.78 is 12.8. The van der Waals surface area contributed by atoms with E-state index in [2.05, 4.69) is 5.32 Å². The summed E-state index contributed by atoms with van der Waals surface area (Å²) in [7, 11) is 0. The fourth-order valence-electron chi connectivity index (χ4n) is 1.75. The van der Waals surface area contributed by atoms with Gasteiger partial charge in [-0.05, 0) is 18.9 Å². The van der Waals surface area contributed by atoms with Crippen LogP contribution in [0.2, 0.25) is 0 Å². The fourth-order valence-corrected chi connectivity index (χ4v) is 1.75. The number of halogens is 1. The molecule has 0 radical (unpaired) electrons. The first-order valence-electron chi connectivity index (χ1n) is 5.81. The number of aromatic hydroxyl groups is 1. The van der Waals surface area contributed by atoms with Crippen LogP contribution < -0.4 is 5.32 Å². The third-order valence-corrected chi connectivity index (χ3v) is 2.92. The van der Waals surface area contributed by atoms with Crippen LogP contribution in [0.5, 0.6) is 5.75 Å². The summed E-state index contributed by atoms with van der Waals surface area (Å²) in [4.78, 5) is 0. The molecule has 0 aliphatic heterocycles. The third-order valence-electron chi connectivity index (χ3n) is 2.92. The van der Waals surface area contributed by atoms with Gasteiger partial charge in [0.15, 0.2) is 0 Å². The van der Waals surface area contributed by atoms with Crippen molar-refractivity contribution in [2.45, 2.75) is 32.9 Å². The maximum atomic E-state index is 12.8. The Balaban J connectivity index is 2.78. The summed E-state index contributed by atoms with van der Waals surface area (Å²) in [5.74, 6) is -0.239. The van der Waals surface area contributed by atoms with Crippen LogP contribution in [0.15, 0.2) is 18.2 Å². The van der Waals surface area contributed by atoms with Crippen LogP contribution in [0, 0.1) is 11.7 Å². The first-order chi connectivity index (χ1) is 7.95. The molecule has 1 aromatic carbocycles. The molecule has 0 amide bonds. The van der Waals surface area contributed by atoms with E-state index in [1.54, 1.807) is 6.07 Å². The minimum atomic E-state index is -0.457. The highest BCUT2D eigenvalue weighted by Gasteiger charge is 2.17. The predicted octanol–water partition coefficient (Wildman–Crippen LogP) is 2.20.